The molecule has 24 heavy (non-hydrogen) atoms. The van der Waals surface area contributed by atoms with Crippen LogP contribution >= 0.6 is 15.9 Å². The SMILES string of the molecule is CC1CCCCN1CC(O)c1ccc(Oc2ccc(Br)cc2)cc1. The van der Waals surface area contributed by atoms with Gasteiger partial charge in [-0.05, 0) is 68.3 Å². The summed E-state index contributed by atoms with van der Waals surface area (Å²) in [6, 6.07) is 16.0. The monoisotopic (exact) mass is 389 g/mol. The fraction of sp³-hybridized carbons (Fsp3) is 0.400. The van der Waals surface area contributed by atoms with Crippen LogP contribution in [0.3, 0.4) is 0 Å². The second-order valence-corrected chi connectivity index (χ2v) is 7.40. The van der Waals surface area contributed by atoms with E-state index in [0.29, 0.717) is 12.6 Å². The fourth-order valence-electron chi connectivity index (χ4n) is 3.15. The Morgan fingerprint density at radius 1 is 1.08 bits per heavy atom. The predicted molar refractivity (Wildman–Crippen MR) is 101 cm³/mol. The van der Waals surface area contributed by atoms with Gasteiger partial charge in [-0.3, -0.25) is 4.90 Å². The molecule has 2 aromatic rings. The lowest BCUT2D eigenvalue weighted by Gasteiger charge is -2.34. The minimum atomic E-state index is -0.452. The van der Waals surface area contributed by atoms with E-state index in [2.05, 4.69) is 27.8 Å². The Bertz CT molecular complexity index is 642. The van der Waals surface area contributed by atoms with Crippen molar-refractivity contribution in [3.05, 3.63) is 58.6 Å². The fourth-order valence-corrected chi connectivity index (χ4v) is 3.42. The van der Waals surface area contributed by atoms with E-state index < -0.39 is 6.10 Å². The third-order valence-corrected chi connectivity index (χ3v) is 5.19. The molecule has 2 unspecified atom stereocenters. The highest BCUT2D eigenvalue weighted by molar-refractivity contribution is 9.10. The average Bonchev–Trinajstić information content (AvgIpc) is 2.59. The topological polar surface area (TPSA) is 32.7 Å². The molecule has 1 aliphatic heterocycles. The molecule has 1 fully saturated rings. The molecule has 0 aromatic heterocycles. The zero-order chi connectivity index (χ0) is 16.9. The zero-order valence-corrected chi connectivity index (χ0v) is 15.6. The molecule has 4 heteroatoms. The molecule has 0 aliphatic carbocycles. The molecule has 3 nitrogen and oxygen atoms in total. The molecular formula is C20H24BrNO2. The van der Waals surface area contributed by atoms with Crippen molar-refractivity contribution in [3.63, 3.8) is 0 Å². The summed E-state index contributed by atoms with van der Waals surface area (Å²) in [5.41, 5.74) is 0.941. The van der Waals surface area contributed by atoms with Gasteiger partial charge in [0.25, 0.3) is 0 Å². The van der Waals surface area contributed by atoms with E-state index in [9.17, 15) is 5.11 Å². The van der Waals surface area contributed by atoms with Gasteiger partial charge in [0.2, 0.25) is 0 Å². The summed E-state index contributed by atoms with van der Waals surface area (Å²) >= 11 is 3.41. The molecule has 0 amide bonds. The molecule has 3 rings (SSSR count). The highest BCUT2D eigenvalue weighted by atomic mass is 79.9. The molecule has 0 radical (unpaired) electrons. The highest BCUT2D eigenvalue weighted by Crippen LogP contribution is 2.26. The van der Waals surface area contributed by atoms with Crippen LogP contribution in [0.2, 0.25) is 0 Å². The maximum Gasteiger partial charge on any atom is 0.127 e. The van der Waals surface area contributed by atoms with Gasteiger partial charge in [-0.2, -0.15) is 0 Å². The van der Waals surface area contributed by atoms with E-state index >= 15 is 0 Å². The molecule has 1 N–H and O–H groups in total. The van der Waals surface area contributed by atoms with Gasteiger partial charge in [0.05, 0.1) is 6.10 Å². The predicted octanol–water partition coefficient (Wildman–Crippen LogP) is 5.15. The minimum absolute atomic E-state index is 0.452. The number of ether oxygens (including phenoxy) is 1. The second kappa shape index (κ2) is 8.15. The number of hydrogen-bond donors (Lipinski definition) is 1. The van der Waals surface area contributed by atoms with Gasteiger partial charge in [0.15, 0.2) is 0 Å². The Morgan fingerprint density at radius 2 is 1.71 bits per heavy atom. The van der Waals surface area contributed by atoms with Crippen molar-refractivity contribution >= 4 is 15.9 Å². The Morgan fingerprint density at radius 3 is 2.33 bits per heavy atom. The molecule has 2 aromatic carbocycles. The lowest BCUT2D eigenvalue weighted by atomic mass is 10.0. The summed E-state index contributed by atoms with van der Waals surface area (Å²) < 4.78 is 6.85. The van der Waals surface area contributed by atoms with E-state index in [4.69, 9.17) is 4.74 Å². The van der Waals surface area contributed by atoms with Crippen molar-refractivity contribution in [3.8, 4) is 11.5 Å². The van der Waals surface area contributed by atoms with Crippen LogP contribution in [-0.2, 0) is 0 Å². The molecule has 2 atom stereocenters. The van der Waals surface area contributed by atoms with Crippen molar-refractivity contribution in [1.29, 1.82) is 0 Å². The van der Waals surface area contributed by atoms with Gasteiger partial charge < -0.3 is 9.84 Å². The van der Waals surface area contributed by atoms with E-state index in [0.717, 1.165) is 28.1 Å². The summed E-state index contributed by atoms with van der Waals surface area (Å²) in [7, 11) is 0. The van der Waals surface area contributed by atoms with Crippen molar-refractivity contribution in [1.82, 2.24) is 4.90 Å². The smallest absolute Gasteiger partial charge is 0.127 e. The van der Waals surface area contributed by atoms with Crippen LogP contribution in [0, 0.1) is 0 Å². The number of benzene rings is 2. The van der Waals surface area contributed by atoms with Crippen LogP contribution in [0.5, 0.6) is 11.5 Å². The molecule has 0 saturated carbocycles. The number of aliphatic hydroxyl groups excluding tert-OH is 1. The Kier molecular flexibility index (Phi) is 5.93. The summed E-state index contributed by atoms with van der Waals surface area (Å²) in [5.74, 6) is 1.58. The lowest BCUT2D eigenvalue weighted by molar-refractivity contribution is 0.0732. The normalized spacial score (nSPS) is 19.9. The molecule has 1 aliphatic rings. The Balaban J connectivity index is 1.60. The van der Waals surface area contributed by atoms with Crippen LogP contribution in [0.15, 0.2) is 53.0 Å². The van der Waals surface area contributed by atoms with Crippen molar-refractivity contribution < 1.29 is 9.84 Å². The van der Waals surface area contributed by atoms with E-state index in [1.807, 2.05) is 48.5 Å². The third-order valence-electron chi connectivity index (χ3n) is 4.66. The maximum atomic E-state index is 10.5. The average molecular weight is 390 g/mol. The first-order valence-corrected chi connectivity index (χ1v) is 9.36. The summed E-state index contributed by atoms with van der Waals surface area (Å²) in [4.78, 5) is 2.39. The number of likely N-dealkylation sites (tertiary alicyclic amines) is 1. The quantitative estimate of drug-likeness (QED) is 0.767. The van der Waals surface area contributed by atoms with Gasteiger partial charge in [-0.25, -0.2) is 0 Å². The number of piperidine rings is 1. The first kappa shape index (κ1) is 17.5. The minimum Gasteiger partial charge on any atom is -0.457 e. The number of nitrogens with zero attached hydrogens (tertiary/aromatic N) is 1. The largest absolute Gasteiger partial charge is 0.457 e. The Hall–Kier alpha value is -1.36. The molecule has 0 bridgehead atoms. The van der Waals surface area contributed by atoms with Crippen LogP contribution in [0.1, 0.15) is 37.9 Å². The molecule has 128 valence electrons. The number of β-amino-alcohol motifs (C(OH)–C–C–N with tert-alkyl or cyclic N) is 1. The second-order valence-electron chi connectivity index (χ2n) is 6.48. The van der Waals surface area contributed by atoms with Crippen LogP contribution in [-0.4, -0.2) is 29.1 Å². The summed E-state index contributed by atoms with van der Waals surface area (Å²) in [6.45, 7) is 4.04. The van der Waals surface area contributed by atoms with Crippen LogP contribution in [0.4, 0.5) is 0 Å². The lowest BCUT2D eigenvalue weighted by Crippen LogP contribution is -2.40. The first-order chi connectivity index (χ1) is 11.6. The van der Waals surface area contributed by atoms with E-state index in [1.54, 1.807) is 0 Å². The number of aliphatic hydroxyl groups is 1. The van der Waals surface area contributed by atoms with Gasteiger partial charge in [-0.1, -0.05) is 34.5 Å². The van der Waals surface area contributed by atoms with Gasteiger partial charge in [0.1, 0.15) is 11.5 Å². The number of halogens is 1. The standard InChI is InChI=1S/C20H24BrNO2/c1-15-4-2-3-13-22(15)14-20(23)16-5-9-18(10-6-16)24-19-11-7-17(21)8-12-19/h5-12,15,20,23H,2-4,13-14H2,1H3. The molecule has 1 saturated heterocycles. The maximum absolute atomic E-state index is 10.5. The summed E-state index contributed by atoms with van der Waals surface area (Å²) in [5, 5.41) is 10.5. The number of hydrogen-bond acceptors (Lipinski definition) is 3. The summed E-state index contributed by atoms with van der Waals surface area (Å²) in [6.07, 6.45) is 3.31. The third kappa shape index (κ3) is 4.59. The zero-order valence-electron chi connectivity index (χ0n) is 14.0. The van der Waals surface area contributed by atoms with Crippen molar-refractivity contribution in [2.45, 2.75) is 38.3 Å². The molecule has 0 spiro atoms. The molecular weight excluding hydrogens is 366 g/mol. The Labute approximate surface area is 152 Å². The first-order valence-electron chi connectivity index (χ1n) is 8.57. The van der Waals surface area contributed by atoms with Crippen LogP contribution < -0.4 is 4.74 Å². The van der Waals surface area contributed by atoms with Crippen LogP contribution in [0.25, 0.3) is 0 Å². The van der Waals surface area contributed by atoms with E-state index in [-0.39, 0.29) is 0 Å². The van der Waals surface area contributed by atoms with Gasteiger partial charge in [-0.15, -0.1) is 0 Å². The number of rotatable bonds is 5. The van der Waals surface area contributed by atoms with Crippen molar-refractivity contribution in [2.75, 3.05) is 13.1 Å². The van der Waals surface area contributed by atoms with E-state index in [1.165, 1.54) is 19.3 Å². The van der Waals surface area contributed by atoms with Gasteiger partial charge >= 0.3 is 0 Å². The van der Waals surface area contributed by atoms with Crippen molar-refractivity contribution in [2.24, 2.45) is 0 Å². The highest BCUT2D eigenvalue weighted by Gasteiger charge is 2.21. The van der Waals surface area contributed by atoms with Gasteiger partial charge in [0, 0.05) is 17.1 Å². The molecule has 1 heterocycles.